The van der Waals surface area contributed by atoms with Gasteiger partial charge in [-0.15, -0.1) is 0 Å². The third kappa shape index (κ3) is 24.3. The molecule has 140 heavy (non-hydrogen) atoms. The van der Waals surface area contributed by atoms with Crippen LogP contribution in [-0.2, 0) is 90.0 Å². The minimum absolute atomic E-state index is 0.00322. The maximum atomic E-state index is 15.3. The Hall–Kier alpha value is -16.0. The predicted octanol–water partition coefficient (Wildman–Crippen LogP) is 13.7. The van der Waals surface area contributed by atoms with Gasteiger partial charge in [0, 0.05) is 0 Å². The summed E-state index contributed by atoms with van der Waals surface area (Å²) >= 11 is 0. The van der Waals surface area contributed by atoms with Crippen molar-refractivity contribution >= 4 is 71.6 Å². The molecule has 0 aliphatic carbocycles. The van der Waals surface area contributed by atoms with Crippen LogP contribution in [0.4, 0.5) is 0 Å². The van der Waals surface area contributed by atoms with Gasteiger partial charge in [0.2, 0.25) is 0 Å². The van der Waals surface area contributed by atoms with Gasteiger partial charge in [0.15, 0.2) is 98.4 Å². The molecule has 0 radical (unpaired) electrons. The fourth-order valence-electron chi connectivity index (χ4n) is 15.8. The number of ether oxygens (including phenoxy) is 19. The Bertz CT molecular complexity index is 5830. The lowest BCUT2D eigenvalue weighted by Crippen LogP contribution is -2.66. The van der Waals surface area contributed by atoms with E-state index in [2.05, 4.69) is 0 Å². The van der Waals surface area contributed by atoms with E-state index in [1.807, 2.05) is 0 Å². The van der Waals surface area contributed by atoms with Gasteiger partial charge in [0.05, 0.1) is 92.7 Å². The summed E-state index contributed by atoms with van der Waals surface area (Å²) in [7, 11) is 0. The molecule has 714 valence electrons. The molecule has 4 aliphatic heterocycles. The van der Waals surface area contributed by atoms with Crippen molar-refractivity contribution in [1.29, 1.82) is 0 Å². The first-order valence-electron chi connectivity index (χ1n) is 44.5. The SMILES string of the molecule is C[C@H]1O[C@H](OC[C@H]2O[C@H](OC[C@H]3O[C@H](OC[C@H]4O[C@H](O)[C@@H](OC(=O)c5ccccc5)[C@@H](OC(=O)c5ccccc5)[C@@H]4OC(=O)c4ccccc4)[C@@H](OC(=O)c4ccccc4)[C@@H](OC(=O)c4ccccc4)[C@@H]3OC(=O)c3ccccc3)[C@@H](OC(=O)c3ccccc3)[C@@H](OC(=O)c3ccccc3)[C@@H]2OC(=O)c2ccccc2)[C@@H](OC(=O)c2ccccc2)[C@@H](OC(=O)c2ccccc2)[C@@H]1OC(=O)c1ccccc1. The molecule has 4 heterocycles. The van der Waals surface area contributed by atoms with Gasteiger partial charge in [0.25, 0.3) is 0 Å². The van der Waals surface area contributed by atoms with Crippen molar-refractivity contribution in [3.63, 3.8) is 0 Å². The van der Waals surface area contributed by atoms with Gasteiger partial charge in [-0.05, 0) is 153 Å². The molecule has 32 heteroatoms. The summed E-state index contributed by atoms with van der Waals surface area (Å²) in [5.74, 6) is -13.1. The van der Waals surface area contributed by atoms with Crippen LogP contribution in [0.15, 0.2) is 364 Å². The zero-order valence-corrected chi connectivity index (χ0v) is 74.4. The topological polar surface area (TPSA) is 400 Å². The second-order valence-corrected chi connectivity index (χ2v) is 32.2. The molecule has 4 saturated heterocycles. The molecule has 12 aromatic carbocycles. The second kappa shape index (κ2) is 46.7. The van der Waals surface area contributed by atoms with Gasteiger partial charge < -0.3 is 95.1 Å². The highest BCUT2D eigenvalue weighted by molar-refractivity contribution is 5.96. The first kappa shape index (κ1) is 97.1. The van der Waals surface area contributed by atoms with Crippen molar-refractivity contribution in [2.24, 2.45) is 0 Å². The number of carbonyl (C=O) groups is 12. The number of esters is 12. The van der Waals surface area contributed by atoms with Crippen LogP contribution >= 0.6 is 0 Å². The summed E-state index contributed by atoms with van der Waals surface area (Å²) in [5.41, 5.74) is -0.893. The minimum atomic E-state index is -2.31. The number of benzene rings is 12. The van der Waals surface area contributed by atoms with Crippen molar-refractivity contribution in [3.05, 3.63) is 431 Å². The molecule has 0 saturated carbocycles. The zero-order valence-electron chi connectivity index (χ0n) is 74.4. The normalized spacial score (nSPS) is 24.0. The van der Waals surface area contributed by atoms with E-state index >= 15 is 28.8 Å². The largest absolute Gasteiger partial charge is 0.452 e. The molecule has 20 atom stereocenters. The molecule has 4 aliphatic rings. The lowest BCUT2D eigenvalue weighted by molar-refractivity contribution is -0.343. The average molecular weight is 1900 g/mol. The predicted molar refractivity (Wildman–Crippen MR) is 488 cm³/mol. The first-order valence-corrected chi connectivity index (χ1v) is 44.5. The van der Waals surface area contributed by atoms with Crippen LogP contribution in [0.1, 0.15) is 131 Å². The van der Waals surface area contributed by atoms with E-state index in [0.29, 0.717) is 0 Å². The van der Waals surface area contributed by atoms with E-state index in [1.54, 1.807) is 109 Å². The molecular weight excluding hydrogens is 1810 g/mol. The van der Waals surface area contributed by atoms with Crippen molar-refractivity contribution in [1.82, 2.24) is 0 Å². The van der Waals surface area contributed by atoms with Crippen molar-refractivity contribution < 1.29 is 153 Å². The Balaban J connectivity index is 0.833. The van der Waals surface area contributed by atoms with Crippen LogP contribution in [-0.4, -0.2) is 219 Å². The molecule has 32 nitrogen and oxygen atoms in total. The quantitative estimate of drug-likeness (QED) is 0.0295. The third-order valence-corrected chi connectivity index (χ3v) is 22.8. The standard InChI is InChI=1S/C108H90O32/c1-65-81(129-93(109)66-38-14-2-15-39-66)85(133-97(113)70-46-22-6-23-47-70)90(138-102(118)75-56-32-11-33-57-75)106(125-65)122-63-79-83(131-95(111)68-42-18-4-19-43-68)87(135-99(115)72-50-26-8-27-51-72)92(140-104(120)77-60-36-13-37-61-77)108(127-79)124-64-80-84(132-96(112)69-44-20-5-21-45-69)88(136-100(116)73-52-28-9-29-53-73)91(139-103(119)76-58-34-12-35-59-76)107(128-80)123-62-78-82(130-94(110)67-40-16-3-17-41-67)86(134-98(114)71-48-24-7-25-49-71)89(105(121)126-78)137-101(117)74-54-30-10-31-55-74/h2-61,65,78-92,105-108,121H,62-64H2,1H3/t65-,78-,79-,80-,81-,82-,83-,84-,85+,86+,87+,88+,89+,90+,91+,92+,105+,106+,107+,108+/m1/s1. The summed E-state index contributed by atoms with van der Waals surface area (Å²) in [6.07, 6.45) is -40.6. The summed E-state index contributed by atoms with van der Waals surface area (Å²) in [6.45, 7) is -1.70. The van der Waals surface area contributed by atoms with Crippen molar-refractivity contribution in [3.8, 4) is 0 Å². The Labute approximate surface area is 800 Å². The summed E-state index contributed by atoms with van der Waals surface area (Å²) in [4.78, 5) is 179. The van der Waals surface area contributed by atoms with E-state index in [4.69, 9.17) is 90.0 Å². The molecule has 1 N–H and O–H groups in total. The third-order valence-electron chi connectivity index (χ3n) is 22.8. The smallest absolute Gasteiger partial charge is 0.338 e. The fraction of sp³-hybridized carbons (Fsp3) is 0.222. The lowest BCUT2D eigenvalue weighted by atomic mass is 9.96. The molecule has 0 unspecified atom stereocenters. The van der Waals surface area contributed by atoms with E-state index < -0.39 is 214 Å². The average Bonchev–Trinajstić information content (AvgIpc) is 0.750. The molecule has 0 aromatic heterocycles. The van der Waals surface area contributed by atoms with Gasteiger partial charge in [-0.2, -0.15) is 0 Å². The van der Waals surface area contributed by atoms with E-state index in [-0.39, 0.29) is 66.8 Å². The van der Waals surface area contributed by atoms with Crippen LogP contribution in [0.25, 0.3) is 0 Å². The van der Waals surface area contributed by atoms with Crippen LogP contribution < -0.4 is 0 Å². The van der Waals surface area contributed by atoms with Crippen LogP contribution in [0.5, 0.6) is 0 Å². The van der Waals surface area contributed by atoms with Gasteiger partial charge >= 0.3 is 71.6 Å². The zero-order chi connectivity index (χ0) is 97.4. The van der Waals surface area contributed by atoms with Crippen molar-refractivity contribution in [2.45, 2.75) is 130 Å². The minimum Gasteiger partial charge on any atom is -0.452 e. The molecule has 0 spiro atoms. The number of carbonyl (C=O) groups excluding carboxylic acids is 12. The highest BCUT2D eigenvalue weighted by Gasteiger charge is 2.60. The van der Waals surface area contributed by atoms with Crippen molar-refractivity contribution in [2.75, 3.05) is 19.8 Å². The molecule has 12 aromatic rings. The molecule has 0 bridgehead atoms. The Kier molecular flexibility index (Phi) is 32.4. The number of aliphatic hydroxyl groups excluding tert-OH is 1. The second-order valence-electron chi connectivity index (χ2n) is 32.2. The summed E-state index contributed by atoms with van der Waals surface area (Å²) in [5, 5.41) is 12.5. The van der Waals surface area contributed by atoms with Crippen LogP contribution in [0, 0.1) is 0 Å². The van der Waals surface area contributed by atoms with Crippen LogP contribution in [0.2, 0.25) is 0 Å². The van der Waals surface area contributed by atoms with E-state index in [9.17, 15) is 33.9 Å². The molecule has 4 fully saturated rings. The van der Waals surface area contributed by atoms with Gasteiger partial charge in [0.1, 0.15) is 18.3 Å². The monoisotopic (exact) mass is 1900 g/mol. The Morgan fingerprint density at radius 2 is 0.329 bits per heavy atom. The van der Waals surface area contributed by atoms with E-state index in [0.717, 1.165) is 0 Å². The van der Waals surface area contributed by atoms with Crippen LogP contribution in [0.3, 0.4) is 0 Å². The highest BCUT2D eigenvalue weighted by Crippen LogP contribution is 2.40. The van der Waals surface area contributed by atoms with Gasteiger partial charge in [-0.1, -0.05) is 218 Å². The number of hydrogen-bond acceptors (Lipinski definition) is 32. The lowest BCUT2D eigenvalue weighted by Gasteiger charge is -2.47. The Morgan fingerprint density at radius 3 is 0.529 bits per heavy atom. The van der Waals surface area contributed by atoms with Gasteiger partial charge in [-0.25, -0.2) is 57.5 Å². The molecule has 16 rings (SSSR count). The summed E-state index contributed by atoms with van der Waals surface area (Å²) < 4.78 is 124. The number of hydrogen-bond donors (Lipinski definition) is 1. The summed E-state index contributed by atoms with van der Waals surface area (Å²) in [6, 6.07) is 89.8. The maximum absolute atomic E-state index is 15.3. The highest BCUT2D eigenvalue weighted by atomic mass is 16.8. The molecular formula is C108H90O32. The Morgan fingerprint density at radius 1 is 0.186 bits per heavy atom. The fourth-order valence-corrected chi connectivity index (χ4v) is 15.8. The first-order chi connectivity index (χ1) is 68.2. The maximum Gasteiger partial charge on any atom is 0.338 e. The van der Waals surface area contributed by atoms with Gasteiger partial charge in [-0.3, -0.25) is 0 Å². The van der Waals surface area contributed by atoms with E-state index in [1.165, 1.54) is 262 Å². The number of rotatable bonds is 33. The molecule has 0 amide bonds. The number of aliphatic hydroxyl groups is 1.